The highest BCUT2D eigenvalue weighted by Crippen LogP contribution is 2.32. The molecular formula is C27H28F3NO3S. The molecule has 1 atom stereocenters. The van der Waals surface area contributed by atoms with Gasteiger partial charge in [-0.15, -0.1) is 0 Å². The standard InChI is InChI=1S/C27H28F3NO3S/c1-18-5-4-6-23(17-18)26-22(12-14-25(31-26)27(28,29)30)11-13-24(32)19(2)21-9-7-20(8-10-21)15-16-35(3,33)34/h4-10,12,14,17,19H,11,13,15-16H2,1-3H3. The van der Waals surface area contributed by atoms with Crippen molar-refractivity contribution in [1.82, 2.24) is 4.98 Å². The SMILES string of the molecule is Cc1cccc(-c2nc(C(F)(F)F)ccc2CCC(=O)C(C)c2ccc(CCS(C)(=O)=O)cc2)c1. The smallest absolute Gasteiger partial charge is 0.299 e. The van der Waals surface area contributed by atoms with Gasteiger partial charge in [-0.1, -0.05) is 61.0 Å². The summed E-state index contributed by atoms with van der Waals surface area (Å²) in [6.07, 6.45) is -2.54. The average molecular weight is 504 g/mol. The molecule has 0 aliphatic heterocycles. The summed E-state index contributed by atoms with van der Waals surface area (Å²) in [6, 6.07) is 16.8. The summed E-state index contributed by atoms with van der Waals surface area (Å²) in [5, 5.41) is 0. The lowest BCUT2D eigenvalue weighted by atomic mass is 9.91. The number of carbonyl (C=O) groups is 1. The van der Waals surface area contributed by atoms with Gasteiger partial charge in [0.2, 0.25) is 0 Å². The summed E-state index contributed by atoms with van der Waals surface area (Å²) >= 11 is 0. The Morgan fingerprint density at radius 1 is 1.00 bits per heavy atom. The summed E-state index contributed by atoms with van der Waals surface area (Å²) in [6.45, 7) is 3.65. The maximum Gasteiger partial charge on any atom is 0.433 e. The van der Waals surface area contributed by atoms with Gasteiger partial charge in [0.25, 0.3) is 0 Å². The number of alkyl halides is 3. The molecule has 0 saturated heterocycles. The van der Waals surface area contributed by atoms with E-state index in [2.05, 4.69) is 4.98 Å². The third-order valence-corrected chi connectivity index (χ3v) is 6.87. The number of pyridine rings is 1. The second kappa shape index (κ2) is 10.7. The summed E-state index contributed by atoms with van der Waals surface area (Å²) in [4.78, 5) is 16.8. The number of halogens is 3. The normalized spacial score (nSPS) is 13.0. The fraction of sp³-hybridized carbons (Fsp3) is 0.333. The van der Waals surface area contributed by atoms with Crippen molar-refractivity contribution in [3.63, 3.8) is 0 Å². The molecule has 1 heterocycles. The topological polar surface area (TPSA) is 64.1 Å². The van der Waals surface area contributed by atoms with E-state index >= 15 is 0 Å². The van der Waals surface area contributed by atoms with Crippen LogP contribution in [-0.4, -0.2) is 31.2 Å². The number of rotatable bonds is 9. The highest BCUT2D eigenvalue weighted by atomic mass is 32.2. The Balaban J connectivity index is 1.75. The largest absolute Gasteiger partial charge is 0.433 e. The molecule has 0 spiro atoms. The molecule has 0 radical (unpaired) electrons. The van der Waals surface area contributed by atoms with E-state index in [4.69, 9.17) is 0 Å². The van der Waals surface area contributed by atoms with Crippen LogP contribution in [0.4, 0.5) is 13.2 Å². The Hall–Kier alpha value is -3.00. The molecule has 3 rings (SSSR count). The maximum atomic E-state index is 13.3. The van der Waals surface area contributed by atoms with Gasteiger partial charge in [-0.2, -0.15) is 13.2 Å². The molecule has 0 aliphatic carbocycles. The summed E-state index contributed by atoms with van der Waals surface area (Å²) < 4.78 is 62.6. The Morgan fingerprint density at radius 2 is 1.69 bits per heavy atom. The van der Waals surface area contributed by atoms with Gasteiger partial charge in [0, 0.05) is 24.2 Å². The molecule has 1 unspecified atom stereocenters. The zero-order valence-electron chi connectivity index (χ0n) is 19.9. The van der Waals surface area contributed by atoms with E-state index in [0.717, 1.165) is 22.8 Å². The number of hydrogen-bond donors (Lipinski definition) is 0. The molecule has 35 heavy (non-hydrogen) atoms. The molecule has 1 aromatic heterocycles. The predicted octanol–water partition coefficient (Wildman–Crippen LogP) is 5.97. The van der Waals surface area contributed by atoms with Crippen LogP contribution < -0.4 is 0 Å². The minimum Gasteiger partial charge on any atom is -0.299 e. The van der Waals surface area contributed by atoms with Gasteiger partial charge in [0.1, 0.15) is 21.3 Å². The molecule has 8 heteroatoms. The van der Waals surface area contributed by atoms with E-state index in [1.54, 1.807) is 25.1 Å². The lowest BCUT2D eigenvalue weighted by molar-refractivity contribution is -0.141. The second-order valence-corrected chi connectivity index (χ2v) is 11.1. The zero-order valence-corrected chi connectivity index (χ0v) is 20.7. The van der Waals surface area contributed by atoms with E-state index < -0.39 is 27.6 Å². The first-order chi connectivity index (χ1) is 16.3. The van der Waals surface area contributed by atoms with Gasteiger partial charge in [-0.05, 0) is 48.6 Å². The Kier molecular flexibility index (Phi) is 8.15. The van der Waals surface area contributed by atoms with Gasteiger partial charge in [0.15, 0.2) is 0 Å². The van der Waals surface area contributed by atoms with Crippen molar-refractivity contribution in [2.75, 3.05) is 12.0 Å². The first-order valence-electron chi connectivity index (χ1n) is 11.3. The molecule has 186 valence electrons. The molecular weight excluding hydrogens is 475 g/mol. The molecule has 0 amide bonds. The number of benzene rings is 2. The minimum atomic E-state index is -4.56. The molecule has 3 aromatic rings. The van der Waals surface area contributed by atoms with Gasteiger partial charge < -0.3 is 0 Å². The van der Waals surface area contributed by atoms with Gasteiger partial charge >= 0.3 is 6.18 Å². The van der Waals surface area contributed by atoms with Crippen LogP contribution >= 0.6 is 0 Å². The summed E-state index contributed by atoms with van der Waals surface area (Å²) in [5.74, 6) is -0.376. The highest BCUT2D eigenvalue weighted by molar-refractivity contribution is 7.90. The monoisotopic (exact) mass is 503 g/mol. The summed E-state index contributed by atoms with van der Waals surface area (Å²) in [7, 11) is -3.05. The number of ketones is 1. The number of hydrogen-bond acceptors (Lipinski definition) is 4. The number of carbonyl (C=O) groups excluding carboxylic acids is 1. The van der Waals surface area contributed by atoms with Crippen molar-refractivity contribution in [2.24, 2.45) is 0 Å². The first-order valence-corrected chi connectivity index (χ1v) is 13.3. The Morgan fingerprint density at radius 3 is 2.29 bits per heavy atom. The van der Waals surface area contributed by atoms with Crippen molar-refractivity contribution >= 4 is 15.6 Å². The number of aromatic nitrogens is 1. The lowest BCUT2D eigenvalue weighted by Crippen LogP contribution is -2.12. The van der Waals surface area contributed by atoms with Crippen LogP contribution in [0.2, 0.25) is 0 Å². The molecule has 0 N–H and O–H groups in total. The summed E-state index contributed by atoms with van der Waals surface area (Å²) in [5.41, 5.74) is 3.02. The Bertz CT molecular complexity index is 1300. The molecule has 4 nitrogen and oxygen atoms in total. The molecule has 2 aromatic carbocycles. The number of sulfone groups is 1. The van der Waals surface area contributed by atoms with Crippen molar-refractivity contribution in [3.8, 4) is 11.3 Å². The van der Waals surface area contributed by atoms with Crippen LogP contribution in [0.15, 0.2) is 60.7 Å². The van der Waals surface area contributed by atoms with Gasteiger partial charge in [-0.3, -0.25) is 4.79 Å². The predicted molar refractivity (Wildman–Crippen MR) is 131 cm³/mol. The van der Waals surface area contributed by atoms with E-state index in [1.165, 1.54) is 12.3 Å². The van der Waals surface area contributed by atoms with Crippen LogP contribution in [0.3, 0.4) is 0 Å². The molecule has 0 fully saturated rings. The average Bonchev–Trinajstić information content (AvgIpc) is 2.80. The minimum absolute atomic E-state index is 0.0380. The lowest BCUT2D eigenvalue weighted by Gasteiger charge is -2.15. The third kappa shape index (κ3) is 7.49. The van der Waals surface area contributed by atoms with E-state index in [1.807, 2.05) is 37.3 Å². The van der Waals surface area contributed by atoms with Crippen molar-refractivity contribution < 1.29 is 26.4 Å². The fourth-order valence-electron chi connectivity index (χ4n) is 3.83. The van der Waals surface area contributed by atoms with Crippen LogP contribution in [-0.2, 0) is 33.6 Å². The number of aryl methyl sites for hydroxylation is 3. The maximum absolute atomic E-state index is 13.3. The third-order valence-electron chi connectivity index (χ3n) is 5.93. The highest BCUT2D eigenvalue weighted by Gasteiger charge is 2.33. The first kappa shape index (κ1) is 26.6. The zero-order chi connectivity index (χ0) is 25.8. The second-order valence-electron chi connectivity index (χ2n) is 8.88. The van der Waals surface area contributed by atoms with Crippen molar-refractivity contribution in [1.29, 1.82) is 0 Å². The Labute approximate surface area is 204 Å². The number of nitrogens with zero attached hydrogens (tertiary/aromatic N) is 1. The molecule has 0 saturated carbocycles. The van der Waals surface area contributed by atoms with E-state index in [0.29, 0.717) is 17.5 Å². The van der Waals surface area contributed by atoms with E-state index in [9.17, 15) is 26.4 Å². The van der Waals surface area contributed by atoms with Gasteiger partial charge in [-0.25, -0.2) is 13.4 Å². The fourth-order valence-corrected chi connectivity index (χ4v) is 4.43. The van der Waals surface area contributed by atoms with Crippen molar-refractivity contribution in [3.05, 3.63) is 88.6 Å². The van der Waals surface area contributed by atoms with Crippen LogP contribution in [0.1, 0.15) is 47.2 Å². The van der Waals surface area contributed by atoms with Crippen LogP contribution in [0, 0.1) is 6.92 Å². The quantitative estimate of drug-likeness (QED) is 0.361. The number of Topliss-reactive ketones (excluding diaryl/α,β-unsaturated/α-hetero) is 1. The van der Waals surface area contributed by atoms with Crippen LogP contribution in [0.5, 0.6) is 0 Å². The van der Waals surface area contributed by atoms with Gasteiger partial charge in [0.05, 0.1) is 11.4 Å². The van der Waals surface area contributed by atoms with Crippen LogP contribution in [0.25, 0.3) is 11.3 Å². The molecule has 0 bridgehead atoms. The van der Waals surface area contributed by atoms with E-state index in [-0.39, 0.29) is 30.1 Å². The molecule has 0 aliphatic rings. The van der Waals surface area contributed by atoms with Crippen molar-refractivity contribution in [2.45, 2.75) is 45.2 Å².